The highest BCUT2D eigenvalue weighted by molar-refractivity contribution is 9.10. The van der Waals surface area contributed by atoms with Crippen LogP contribution in [-0.4, -0.2) is 33.4 Å². The lowest BCUT2D eigenvalue weighted by atomic mass is 10.1. The van der Waals surface area contributed by atoms with Crippen molar-refractivity contribution in [2.24, 2.45) is 0 Å². The highest BCUT2D eigenvalue weighted by Gasteiger charge is 2.39. The molecule has 2 rings (SSSR count). The Morgan fingerprint density at radius 1 is 0.941 bits per heavy atom. The molecule has 0 spiro atoms. The van der Waals surface area contributed by atoms with Crippen LogP contribution in [0, 0.1) is 0 Å². The first-order chi connectivity index (χ1) is 15.4. The van der Waals surface area contributed by atoms with Crippen LogP contribution in [0.4, 0.5) is 0 Å². The van der Waals surface area contributed by atoms with Crippen molar-refractivity contribution in [3.63, 3.8) is 0 Å². The molecule has 0 aliphatic carbocycles. The number of pyridine rings is 1. The summed E-state index contributed by atoms with van der Waals surface area (Å²) in [7, 11) is -3.24. The molecule has 1 aromatic heterocycles. The van der Waals surface area contributed by atoms with Gasteiger partial charge >= 0.3 is 0 Å². The van der Waals surface area contributed by atoms with Crippen molar-refractivity contribution in [1.82, 2.24) is 4.98 Å². The molecule has 0 N–H and O–H groups in total. The van der Waals surface area contributed by atoms with E-state index in [1.807, 2.05) is 42.7 Å². The molecule has 7 heteroatoms. The molecule has 0 amide bonds. The van der Waals surface area contributed by atoms with Crippen LogP contribution in [0.5, 0.6) is 5.75 Å². The second kappa shape index (κ2) is 13.0. The smallest absolute Gasteiger partial charge is 0.192 e. The summed E-state index contributed by atoms with van der Waals surface area (Å²) in [6.07, 6.45) is 5.67. The van der Waals surface area contributed by atoms with E-state index in [9.17, 15) is 0 Å². The third-order valence-corrected chi connectivity index (χ3v) is 17.1. The van der Waals surface area contributed by atoms with Gasteiger partial charge in [-0.05, 0) is 71.9 Å². The van der Waals surface area contributed by atoms with Crippen molar-refractivity contribution in [1.29, 1.82) is 0 Å². The minimum absolute atomic E-state index is 0.0692. The van der Waals surface area contributed by atoms with E-state index in [1.54, 1.807) is 0 Å². The average Bonchev–Trinajstić information content (AvgIpc) is 2.70. The molecule has 3 nitrogen and oxygen atoms in total. The molecule has 1 atom stereocenters. The predicted octanol–water partition coefficient (Wildman–Crippen LogP) is 9.48. The predicted molar refractivity (Wildman–Crippen MR) is 157 cm³/mol. The Kier molecular flexibility index (Phi) is 12.0. The summed E-state index contributed by atoms with van der Waals surface area (Å²) in [5.41, 5.74) is 1.24. The summed E-state index contributed by atoms with van der Waals surface area (Å²) in [6.45, 7) is 22.9. The molecule has 1 aromatic carbocycles. The number of hydrogen-bond donors (Lipinski definition) is 0. The van der Waals surface area contributed by atoms with E-state index in [4.69, 9.17) is 20.2 Å². The summed E-state index contributed by atoms with van der Waals surface area (Å²) < 4.78 is 13.7. The van der Waals surface area contributed by atoms with Gasteiger partial charge in [-0.25, -0.2) is 0 Å². The fourth-order valence-corrected chi connectivity index (χ4v) is 4.00. The van der Waals surface area contributed by atoms with Gasteiger partial charge in [0.25, 0.3) is 0 Å². The Hall–Kier alpha value is -0.666. The summed E-state index contributed by atoms with van der Waals surface area (Å²) in [5.74, 6) is 0.874. The molecule has 2 aromatic rings. The summed E-state index contributed by atoms with van der Waals surface area (Å²) in [6, 6.07) is 12.1. The van der Waals surface area contributed by atoms with Gasteiger partial charge in [0.05, 0.1) is 6.10 Å². The van der Waals surface area contributed by atoms with Gasteiger partial charge < -0.3 is 9.16 Å². The first kappa shape index (κ1) is 31.4. The number of hydrogen-bond acceptors (Lipinski definition) is 3. The molecule has 1 heterocycles. The van der Waals surface area contributed by atoms with Crippen LogP contribution in [0.15, 0.2) is 53.3 Å². The standard InChI is InChI=1S/C21H30BrNO2Si.C6H15ClSi/c1-21(2,3)26(4,5)25-20(11-8-17-7-6-14-23-15-17)16-24-19-12-9-18(22)10-13-19;1-6(2,3)8(4,5)7/h6-7,9-10,12-15,20H,8,11,16H2,1-5H3;1-5H3/t20-;/m1./s1. The molecular formula is C27H45BrClNO2Si2. The molecule has 0 fully saturated rings. The normalized spacial score (nSPS) is 13.6. The SMILES string of the molecule is CC(C)(C)[Si](C)(C)Cl.CC(C)(C)[Si](C)(C)O[C@H](CCc1cccnc1)COc1ccc(Br)cc1. The molecule has 0 aliphatic heterocycles. The van der Waals surface area contributed by atoms with Crippen LogP contribution in [0.1, 0.15) is 53.5 Å². The molecule has 0 aliphatic rings. The third kappa shape index (κ3) is 11.4. The highest BCUT2D eigenvalue weighted by Crippen LogP contribution is 2.38. The van der Waals surface area contributed by atoms with Gasteiger partial charge in [0.1, 0.15) is 12.4 Å². The van der Waals surface area contributed by atoms with Crippen LogP contribution in [-0.2, 0) is 10.8 Å². The lowest BCUT2D eigenvalue weighted by Gasteiger charge is -2.39. The Labute approximate surface area is 224 Å². The van der Waals surface area contributed by atoms with Crippen LogP contribution in [0.2, 0.25) is 36.3 Å². The minimum Gasteiger partial charge on any atom is -0.491 e. The maximum Gasteiger partial charge on any atom is 0.192 e. The van der Waals surface area contributed by atoms with E-state index in [0.29, 0.717) is 11.6 Å². The van der Waals surface area contributed by atoms with Crippen LogP contribution >= 0.6 is 27.0 Å². The van der Waals surface area contributed by atoms with Crippen molar-refractivity contribution in [3.05, 3.63) is 58.8 Å². The van der Waals surface area contributed by atoms with Crippen molar-refractivity contribution in [2.75, 3.05) is 6.61 Å². The largest absolute Gasteiger partial charge is 0.491 e. The van der Waals surface area contributed by atoms with Crippen LogP contribution in [0.3, 0.4) is 0 Å². The van der Waals surface area contributed by atoms with Crippen molar-refractivity contribution < 1.29 is 9.16 Å². The Morgan fingerprint density at radius 2 is 1.50 bits per heavy atom. The quantitative estimate of drug-likeness (QED) is 0.228. The number of benzene rings is 1. The number of aryl methyl sites for hydroxylation is 1. The van der Waals surface area contributed by atoms with E-state index in [-0.39, 0.29) is 11.1 Å². The number of halogens is 2. The summed E-state index contributed by atoms with van der Waals surface area (Å²) >= 11 is 9.61. The fourth-order valence-electron chi connectivity index (χ4n) is 2.36. The molecule has 0 saturated carbocycles. The zero-order valence-electron chi connectivity index (χ0n) is 22.8. The van der Waals surface area contributed by atoms with Gasteiger partial charge in [-0.3, -0.25) is 4.98 Å². The first-order valence-corrected chi connectivity index (χ1v) is 19.8. The third-order valence-electron chi connectivity index (χ3n) is 6.78. The van der Waals surface area contributed by atoms with Crippen LogP contribution in [0.25, 0.3) is 0 Å². The summed E-state index contributed by atoms with van der Waals surface area (Å²) in [5, 5.41) is 0.520. The fraction of sp³-hybridized carbons (Fsp3) is 0.593. The number of aromatic nitrogens is 1. The van der Waals surface area contributed by atoms with E-state index in [2.05, 4.69) is 94.7 Å². The van der Waals surface area contributed by atoms with Crippen molar-refractivity contribution in [3.8, 4) is 5.75 Å². The number of nitrogens with zero attached hydrogens (tertiary/aromatic N) is 1. The highest BCUT2D eigenvalue weighted by atomic mass is 79.9. The van der Waals surface area contributed by atoms with E-state index < -0.39 is 15.7 Å². The monoisotopic (exact) mass is 585 g/mol. The number of rotatable bonds is 8. The minimum atomic E-state index is -1.86. The maximum atomic E-state index is 6.65. The van der Waals surface area contributed by atoms with E-state index in [0.717, 1.165) is 23.1 Å². The lowest BCUT2D eigenvalue weighted by Crippen LogP contribution is -2.45. The molecule has 0 saturated heterocycles. The maximum absolute atomic E-state index is 6.65. The molecular weight excluding hydrogens is 542 g/mol. The van der Waals surface area contributed by atoms with Crippen molar-refractivity contribution in [2.45, 2.75) is 96.8 Å². The zero-order valence-corrected chi connectivity index (χ0v) is 27.2. The molecule has 0 unspecified atom stereocenters. The van der Waals surface area contributed by atoms with Crippen LogP contribution < -0.4 is 4.74 Å². The zero-order chi connectivity index (χ0) is 26.2. The topological polar surface area (TPSA) is 31.4 Å². The summed E-state index contributed by atoms with van der Waals surface area (Å²) in [4.78, 5) is 4.21. The Morgan fingerprint density at radius 3 is 1.94 bits per heavy atom. The molecule has 0 radical (unpaired) electrons. The van der Waals surface area contributed by atoms with Gasteiger partial charge in [0.15, 0.2) is 15.7 Å². The van der Waals surface area contributed by atoms with Gasteiger partial charge in [0.2, 0.25) is 0 Å². The molecule has 192 valence electrons. The first-order valence-electron chi connectivity index (χ1n) is 12.1. The van der Waals surface area contributed by atoms with Gasteiger partial charge in [0, 0.05) is 16.9 Å². The second-order valence-corrected chi connectivity index (χ2v) is 24.8. The van der Waals surface area contributed by atoms with Crippen molar-refractivity contribution >= 4 is 42.7 Å². The Balaban J connectivity index is 0.000000620. The molecule has 0 bridgehead atoms. The number of ether oxygens (including phenoxy) is 1. The lowest BCUT2D eigenvalue weighted by molar-refractivity contribution is 0.108. The van der Waals surface area contributed by atoms with E-state index in [1.165, 1.54) is 5.56 Å². The van der Waals surface area contributed by atoms with Gasteiger partial charge in [-0.2, -0.15) is 11.1 Å². The van der Waals surface area contributed by atoms with Gasteiger partial charge in [-0.1, -0.05) is 76.6 Å². The average molecular weight is 587 g/mol. The second-order valence-electron chi connectivity index (χ2n) is 11.9. The van der Waals surface area contributed by atoms with E-state index >= 15 is 0 Å². The molecule has 34 heavy (non-hydrogen) atoms. The Bertz CT molecular complexity index is 830. The van der Waals surface area contributed by atoms with Gasteiger partial charge in [-0.15, -0.1) is 0 Å².